The minimum absolute atomic E-state index is 0.186. The highest BCUT2D eigenvalue weighted by Crippen LogP contribution is 2.31. The lowest BCUT2D eigenvalue weighted by molar-refractivity contribution is 0.0730. The van der Waals surface area contributed by atoms with E-state index in [-0.39, 0.29) is 4.90 Å². The van der Waals surface area contributed by atoms with Crippen molar-refractivity contribution in [2.24, 2.45) is 0 Å². The molecule has 0 aliphatic carbocycles. The molecule has 1 fully saturated rings. The summed E-state index contributed by atoms with van der Waals surface area (Å²) in [6, 6.07) is 13.3. The van der Waals surface area contributed by atoms with Crippen LogP contribution in [-0.4, -0.2) is 54.2 Å². The highest BCUT2D eigenvalue weighted by molar-refractivity contribution is 8.01. The Morgan fingerprint density at radius 2 is 1.90 bits per heavy atom. The molecule has 0 bridgehead atoms. The number of hydrogen-bond donors (Lipinski definition) is 1. The Kier molecular flexibility index (Phi) is 6.40. The van der Waals surface area contributed by atoms with E-state index in [1.165, 1.54) is 33.6 Å². The van der Waals surface area contributed by atoms with Gasteiger partial charge in [-0.25, -0.2) is 13.4 Å². The third kappa shape index (κ3) is 5.11. The lowest BCUT2D eigenvalue weighted by Crippen LogP contribution is -2.40. The summed E-state index contributed by atoms with van der Waals surface area (Å²) in [5.74, 6) is 0. The minimum Gasteiger partial charge on any atom is -0.379 e. The molecule has 1 saturated heterocycles. The Morgan fingerprint density at radius 1 is 1.10 bits per heavy atom. The van der Waals surface area contributed by atoms with E-state index >= 15 is 0 Å². The maximum Gasteiger partial charge on any atom is 0.244 e. The Labute approximate surface area is 177 Å². The molecule has 8 nitrogen and oxygen atoms in total. The number of anilines is 1. The summed E-state index contributed by atoms with van der Waals surface area (Å²) < 4.78 is 32.7. The van der Waals surface area contributed by atoms with E-state index in [1.807, 2.05) is 30.3 Å². The second-order valence-electron chi connectivity index (χ2n) is 6.16. The SMILES string of the molecule is O=S(=O)(c1ccc(Sc2nnc(NCc3ccccc3)s2)nc1)N1CCOCC1. The predicted molar refractivity (Wildman–Crippen MR) is 112 cm³/mol. The number of benzene rings is 1. The Balaban J connectivity index is 1.37. The molecule has 0 atom stereocenters. The van der Waals surface area contributed by atoms with Crippen LogP contribution in [0.25, 0.3) is 0 Å². The molecule has 0 amide bonds. The normalized spacial score (nSPS) is 15.3. The summed E-state index contributed by atoms with van der Waals surface area (Å²) in [6.07, 6.45) is 1.39. The standard InChI is InChI=1S/C18H19N5O3S3/c24-29(25,23-8-10-26-11-9-23)15-6-7-16(19-13-15)27-18-22-21-17(28-18)20-12-14-4-2-1-3-5-14/h1-7,13H,8-12H2,(H,20,21). The topological polar surface area (TPSA) is 97.3 Å². The molecule has 0 saturated carbocycles. The van der Waals surface area contributed by atoms with E-state index in [1.54, 1.807) is 12.1 Å². The van der Waals surface area contributed by atoms with Crippen LogP contribution in [0.1, 0.15) is 5.56 Å². The Bertz CT molecular complexity index is 1040. The molecule has 3 aromatic rings. The number of rotatable bonds is 7. The molecule has 3 heterocycles. The van der Waals surface area contributed by atoms with Gasteiger partial charge in [0.2, 0.25) is 15.2 Å². The summed E-state index contributed by atoms with van der Waals surface area (Å²) >= 11 is 2.78. The molecule has 0 spiro atoms. The van der Waals surface area contributed by atoms with Crippen LogP contribution in [0.5, 0.6) is 0 Å². The molecule has 0 unspecified atom stereocenters. The number of sulfonamides is 1. The second kappa shape index (κ2) is 9.18. The van der Waals surface area contributed by atoms with Crippen molar-refractivity contribution in [1.82, 2.24) is 19.5 Å². The fourth-order valence-corrected chi connectivity index (χ4v) is 5.69. The van der Waals surface area contributed by atoms with E-state index in [0.717, 1.165) is 15.0 Å². The van der Waals surface area contributed by atoms with Crippen molar-refractivity contribution in [3.63, 3.8) is 0 Å². The first-order valence-corrected chi connectivity index (χ1v) is 12.0. The summed E-state index contributed by atoms with van der Waals surface area (Å²) in [6.45, 7) is 2.23. The van der Waals surface area contributed by atoms with Crippen molar-refractivity contribution in [3.05, 3.63) is 54.2 Å². The molecular formula is C18H19N5O3S3. The number of nitrogens with zero attached hydrogens (tertiary/aromatic N) is 4. The highest BCUT2D eigenvalue weighted by Gasteiger charge is 2.26. The van der Waals surface area contributed by atoms with Gasteiger partial charge in [-0.1, -0.05) is 41.7 Å². The highest BCUT2D eigenvalue weighted by atomic mass is 32.2. The maximum absolute atomic E-state index is 12.6. The number of aromatic nitrogens is 3. The maximum atomic E-state index is 12.6. The van der Waals surface area contributed by atoms with Gasteiger partial charge >= 0.3 is 0 Å². The third-order valence-electron chi connectivity index (χ3n) is 4.20. The van der Waals surface area contributed by atoms with Gasteiger partial charge in [0, 0.05) is 25.8 Å². The van der Waals surface area contributed by atoms with E-state index in [4.69, 9.17) is 4.74 Å². The predicted octanol–water partition coefficient (Wildman–Crippen LogP) is 2.72. The first-order chi connectivity index (χ1) is 14.1. The van der Waals surface area contributed by atoms with Gasteiger partial charge in [-0.3, -0.25) is 0 Å². The first kappa shape index (κ1) is 20.2. The first-order valence-electron chi connectivity index (χ1n) is 8.94. The molecule has 29 heavy (non-hydrogen) atoms. The van der Waals surface area contributed by atoms with Crippen molar-refractivity contribution in [2.75, 3.05) is 31.6 Å². The molecule has 2 aromatic heterocycles. The van der Waals surface area contributed by atoms with Crippen molar-refractivity contribution < 1.29 is 13.2 Å². The average Bonchev–Trinajstić information content (AvgIpc) is 3.21. The third-order valence-corrected chi connectivity index (χ3v) is 7.97. The Morgan fingerprint density at radius 3 is 2.62 bits per heavy atom. The smallest absolute Gasteiger partial charge is 0.244 e. The largest absolute Gasteiger partial charge is 0.379 e. The number of pyridine rings is 1. The van der Waals surface area contributed by atoms with E-state index in [0.29, 0.717) is 37.9 Å². The van der Waals surface area contributed by atoms with Crippen LogP contribution in [0.4, 0.5) is 5.13 Å². The van der Waals surface area contributed by atoms with Gasteiger partial charge in [-0.2, -0.15) is 4.31 Å². The Hall–Kier alpha value is -2.05. The zero-order chi connectivity index (χ0) is 20.1. The van der Waals surface area contributed by atoms with Crippen LogP contribution < -0.4 is 5.32 Å². The van der Waals surface area contributed by atoms with Crippen LogP contribution in [0.15, 0.2) is 62.9 Å². The summed E-state index contributed by atoms with van der Waals surface area (Å²) in [5, 5.41) is 12.9. The van der Waals surface area contributed by atoms with E-state index in [2.05, 4.69) is 20.5 Å². The molecule has 152 valence electrons. The molecule has 1 aromatic carbocycles. The average molecular weight is 450 g/mol. The van der Waals surface area contributed by atoms with Crippen LogP contribution in [0.3, 0.4) is 0 Å². The van der Waals surface area contributed by atoms with Gasteiger partial charge in [0.25, 0.3) is 0 Å². The van der Waals surface area contributed by atoms with E-state index < -0.39 is 10.0 Å². The van der Waals surface area contributed by atoms with Crippen LogP contribution in [-0.2, 0) is 21.3 Å². The zero-order valence-corrected chi connectivity index (χ0v) is 17.8. The summed E-state index contributed by atoms with van der Waals surface area (Å²) in [7, 11) is -3.54. The molecule has 11 heteroatoms. The zero-order valence-electron chi connectivity index (χ0n) is 15.4. The van der Waals surface area contributed by atoms with Gasteiger partial charge in [0.15, 0.2) is 4.34 Å². The molecule has 0 radical (unpaired) electrons. The van der Waals surface area contributed by atoms with Crippen molar-refractivity contribution >= 4 is 38.3 Å². The quantitative estimate of drug-likeness (QED) is 0.588. The van der Waals surface area contributed by atoms with Gasteiger partial charge in [0.05, 0.1) is 13.2 Å². The second-order valence-corrected chi connectivity index (χ2v) is 10.3. The monoisotopic (exact) mass is 449 g/mol. The fourth-order valence-electron chi connectivity index (χ4n) is 2.70. The summed E-state index contributed by atoms with van der Waals surface area (Å²) in [5.41, 5.74) is 1.16. The molecule has 1 N–H and O–H groups in total. The molecule has 4 rings (SSSR count). The number of nitrogens with one attached hydrogen (secondary N) is 1. The lowest BCUT2D eigenvalue weighted by atomic mass is 10.2. The van der Waals surface area contributed by atoms with E-state index in [9.17, 15) is 8.42 Å². The fraction of sp³-hybridized carbons (Fsp3) is 0.278. The van der Waals surface area contributed by atoms with Crippen LogP contribution in [0.2, 0.25) is 0 Å². The van der Waals surface area contributed by atoms with Gasteiger partial charge in [0.1, 0.15) is 9.92 Å². The van der Waals surface area contributed by atoms with Gasteiger partial charge in [-0.15, -0.1) is 10.2 Å². The number of ether oxygens (including phenoxy) is 1. The van der Waals surface area contributed by atoms with Crippen molar-refractivity contribution in [2.45, 2.75) is 20.8 Å². The van der Waals surface area contributed by atoms with Crippen LogP contribution >= 0.6 is 23.1 Å². The molecular weight excluding hydrogens is 430 g/mol. The number of hydrogen-bond acceptors (Lipinski definition) is 9. The minimum atomic E-state index is -3.54. The summed E-state index contributed by atoms with van der Waals surface area (Å²) in [4.78, 5) is 4.47. The van der Waals surface area contributed by atoms with Crippen LogP contribution in [0, 0.1) is 0 Å². The number of morpholine rings is 1. The lowest BCUT2D eigenvalue weighted by Gasteiger charge is -2.25. The molecule has 1 aliphatic rings. The van der Waals surface area contributed by atoms with Crippen molar-refractivity contribution in [3.8, 4) is 0 Å². The van der Waals surface area contributed by atoms with Gasteiger partial charge in [-0.05, 0) is 29.5 Å². The molecule has 1 aliphatic heterocycles. The van der Waals surface area contributed by atoms with Gasteiger partial charge < -0.3 is 10.1 Å². The van der Waals surface area contributed by atoms with Crippen molar-refractivity contribution in [1.29, 1.82) is 0 Å².